The first-order chi connectivity index (χ1) is 15.2. The Labute approximate surface area is 193 Å². The third-order valence-corrected chi connectivity index (χ3v) is 6.48. The van der Waals surface area contributed by atoms with E-state index in [1.807, 2.05) is 18.7 Å². The first-order valence-corrected chi connectivity index (χ1v) is 11.9. The van der Waals surface area contributed by atoms with Gasteiger partial charge in [0.1, 0.15) is 0 Å². The van der Waals surface area contributed by atoms with Crippen molar-refractivity contribution in [2.75, 3.05) is 13.1 Å². The summed E-state index contributed by atoms with van der Waals surface area (Å²) in [6.07, 6.45) is 2.66. The average Bonchev–Trinajstić information content (AvgIpc) is 2.73. The number of carbonyl (C=O) groups is 2. The number of rotatable bonds is 7. The van der Waals surface area contributed by atoms with Gasteiger partial charge in [-0.3, -0.25) is 9.59 Å². The van der Waals surface area contributed by atoms with Crippen molar-refractivity contribution < 1.29 is 9.59 Å². The van der Waals surface area contributed by atoms with E-state index in [9.17, 15) is 9.59 Å². The van der Waals surface area contributed by atoms with Gasteiger partial charge in [0.05, 0.1) is 5.41 Å². The molecule has 1 fully saturated rings. The van der Waals surface area contributed by atoms with Crippen LogP contribution in [0.15, 0.2) is 48.5 Å². The zero-order valence-corrected chi connectivity index (χ0v) is 20.3. The standard InChI is InChI=1S/C28H38N2O2/c1-20(2)17-26(31)30-15-13-28(14-16-30,27(32)29-21(3)4)19-23-10-8-11-24(18-23)25-12-7-6-9-22(25)5/h6-12,18,20-21H,13-17,19H2,1-5H3,(H,29,32). The lowest BCUT2D eigenvalue weighted by Crippen LogP contribution is -2.52. The molecule has 1 saturated heterocycles. The van der Waals surface area contributed by atoms with Crippen molar-refractivity contribution in [2.24, 2.45) is 11.3 Å². The van der Waals surface area contributed by atoms with E-state index in [4.69, 9.17) is 0 Å². The molecular formula is C28H38N2O2. The SMILES string of the molecule is Cc1ccccc1-c1cccc(CC2(C(=O)NC(C)C)CCN(C(=O)CC(C)C)CC2)c1. The van der Waals surface area contributed by atoms with Crippen molar-refractivity contribution in [1.29, 1.82) is 0 Å². The highest BCUT2D eigenvalue weighted by atomic mass is 16.2. The molecule has 172 valence electrons. The lowest BCUT2D eigenvalue weighted by atomic mass is 9.72. The van der Waals surface area contributed by atoms with E-state index in [2.05, 4.69) is 74.6 Å². The molecule has 2 aromatic carbocycles. The van der Waals surface area contributed by atoms with Crippen molar-refractivity contribution >= 4 is 11.8 Å². The maximum Gasteiger partial charge on any atom is 0.226 e. The van der Waals surface area contributed by atoms with Gasteiger partial charge >= 0.3 is 0 Å². The average molecular weight is 435 g/mol. The van der Waals surface area contributed by atoms with E-state index in [-0.39, 0.29) is 17.9 Å². The van der Waals surface area contributed by atoms with E-state index in [1.54, 1.807) is 0 Å². The molecule has 0 aliphatic carbocycles. The monoisotopic (exact) mass is 434 g/mol. The first kappa shape index (κ1) is 24.0. The third kappa shape index (κ3) is 5.79. The fourth-order valence-corrected chi connectivity index (χ4v) is 4.70. The summed E-state index contributed by atoms with van der Waals surface area (Å²) in [4.78, 5) is 27.9. The topological polar surface area (TPSA) is 49.4 Å². The lowest BCUT2D eigenvalue weighted by Gasteiger charge is -2.41. The molecule has 0 radical (unpaired) electrons. The minimum absolute atomic E-state index is 0.0956. The molecule has 0 spiro atoms. The van der Waals surface area contributed by atoms with Gasteiger partial charge in [-0.15, -0.1) is 0 Å². The molecule has 1 N–H and O–H groups in total. The van der Waals surface area contributed by atoms with Crippen molar-refractivity contribution in [1.82, 2.24) is 10.2 Å². The molecule has 32 heavy (non-hydrogen) atoms. The Bertz CT molecular complexity index is 940. The van der Waals surface area contributed by atoms with E-state index < -0.39 is 5.41 Å². The van der Waals surface area contributed by atoms with Gasteiger partial charge in [-0.2, -0.15) is 0 Å². The Morgan fingerprint density at radius 2 is 1.69 bits per heavy atom. The Morgan fingerprint density at radius 1 is 1.00 bits per heavy atom. The predicted octanol–water partition coefficient (Wildman–Crippen LogP) is 5.38. The van der Waals surface area contributed by atoms with E-state index >= 15 is 0 Å². The van der Waals surface area contributed by atoms with Crippen LogP contribution >= 0.6 is 0 Å². The number of nitrogens with one attached hydrogen (secondary N) is 1. The van der Waals surface area contributed by atoms with Gasteiger partial charge in [0, 0.05) is 25.6 Å². The first-order valence-electron chi connectivity index (χ1n) is 11.9. The summed E-state index contributed by atoms with van der Waals surface area (Å²) in [5, 5.41) is 3.16. The number of hydrogen-bond acceptors (Lipinski definition) is 2. The molecule has 4 nitrogen and oxygen atoms in total. The molecule has 1 aliphatic heterocycles. The smallest absolute Gasteiger partial charge is 0.226 e. The third-order valence-electron chi connectivity index (χ3n) is 6.48. The van der Waals surface area contributed by atoms with Crippen LogP contribution in [-0.2, 0) is 16.0 Å². The molecule has 3 rings (SSSR count). The number of likely N-dealkylation sites (tertiary alicyclic amines) is 1. The maximum absolute atomic E-state index is 13.4. The minimum Gasteiger partial charge on any atom is -0.353 e. The summed E-state index contributed by atoms with van der Waals surface area (Å²) >= 11 is 0. The normalized spacial score (nSPS) is 15.8. The molecule has 4 heteroatoms. The summed E-state index contributed by atoms with van der Waals surface area (Å²) in [7, 11) is 0. The van der Waals surface area contributed by atoms with Gasteiger partial charge in [-0.1, -0.05) is 62.4 Å². The van der Waals surface area contributed by atoms with Crippen LogP contribution < -0.4 is 5.32 Å². The lowest BCUT2D eigenvalue weighted by molar-refractivity contribution is -0.141. The van der Waals surface area contributed by atoms with Crippen LogP contribution in [0.1, 0.15) is 58.1 Å². The zero-order valence-electron chi connectivity index (χ0n) is 20.3. The van der Waals surface area contributed by atoms with Gasteiger partial charge in [0.2, 0.25) is 11.8 Å². The van der Waals surface area contributed by atoms with Crippen LogP contribution in [0, 0.1) is 18.3 Å². The largest absolute Gasteiger partial charge is 0.353 e. The molecule has 0 aromatic heterocycles. The van der Waals surface area contributed by atoms with Crippen molar-refractivity contribution in [2.45, 2.75) is 66.3 Å². The van der Waals surface area contributed by atoms with E-state index in [0.717, 1.165) is 0 Å². The highest BCUT2D eigenvalue weighted by Gasteiger charge is 2.42. The molecule has 1 aliphatic rings. The summed E-state index contributed by atoms with van der Waals surface area (Å²) in [5.74, 6) is 0.673. The zero-order chi connectivity index (χ0) is 23.3. The summed E-state index contributed by atoms with van der Waals surface area (Å²) in [6, 6.07) is 17.1. The van der Waals surface area contributed by atoms with Gasteiger partial charge in [0.25, 0.3) is 0 Å². The number of amides is 2. The van der Waals surface area contributed by atoms with Gasteiger partial charge in [0.15, 0.2) is 0 Å². The molecule has 2 amide bonds. The highest BCUT2D eigenvalue weighted by Crippen LogP contribution is 2.37. The summed E-state index contributed by atoms with van der Waals surface area (Å²) in [6.45, 7) is 11.6. The van der Waals surface area contributed by atoms with Crippen molar-refractivity contribution in [3.05, 3.63) is 59.7 Å². The van der Waals surface area contributed by atoms with Gasteiger partial charge in [-0.05, 0) is 68.2 Å². The van der Waals surface area contributed by atoms with Crippen LogP contribution in [-0.4, -0.2) is 35.8 Å². The molecule has 0 unspecified atom stereocenters. The van der Waals surface area contributed by atoms with E-state index in [1.165, 1.54) is 22.3 Å². The fourth-order valence-electron chi connectivity index (χ4n) is 4.70. The molecule has 2 aromatic rings. The molecule has 0 bridgehead atoms. The molecule has 0 atom stereocenters. The predicted molar refractivity (Wildman–Crippen MR) is 131 cm³/mol. The Kier molecular flexibility index (Phi) is 7.76. The Balaban J connectivity index is 1.84. The van der Waals surface area contributed by atoms with Crippen LogP contribution in [0.2, 0.25) is 0 Å². The number of benzene rings is 2. The van der Waals surface area contributed by atoms with Gasteiger partial charge < -0.3 is 10.2 Å². The highest BCUT2D eigenvalue weighted by molar-refractivity contribution is 5.84. The Morgan fingerprint density at radius 3 is 2.31 bits per heavy atom. The Hall–Kier alpha value is -2.62. The molecule has 0 saturated carbocycles. The van der Waals surface area contributed by atoms with Crippen molar-refractivity contribution in [3.8, 4) is 11.1 Å². The number of aryl methyl sites for hydroxylation is 1. The van der Waals surface area contributed by atoms with E-state index in [0.29, 0.717) is 44.7 Å². The second kappa shape index (κ2) is 10.3. The molecule has 1 heterocycles. The van der Waals surface area contributed by atoms with Crippen molar-refractivity contribution in [3.63, 3.8) is 0 Å². The number of hydrogen-bond donors (Lipinski definition) is 1. The summed E-state index contributed by atoms with van der Waals surface area (Å²) in [5.41, 5.74) is 4.35. The quantitative estimate of drug-likeness (QED) is 0.636. The van der Waals surface area contributed by atoms with Crippen LogP contribution in [0.25, 0.3) is 11.1 Å². The van der Waals surface area contributed by atoms with Gasteiger partial charge in [-0.25, -0.2) is 0 Å². The second-order valence-electron chi connectivity index (χ2n) is 10.1. The number of carbonyl (C=O) groups excluding carboxylic acids is 2. The number of piperidine rings is 1. The minimum atomic E-state index is -0.483. The summed E-state index contributed by atoms with van der Waals surface area (Å²) < 4.78 is 0. The molecular weight excluding hydrogens is 396 g/mol. The number of nitrogens with zero attached hydrogens (tertiary/aromatic N) is 1. The maximum atomic E-state index is 13.4. The van der Waals surface area contributed by atoms with Crippen LogP contribution in [0.5, 0.6) is 0 Å². The second-order valence-corrected chi connectivity index (χ2v) is 10.1. The van der Waals surface area contributed by atoms with Crippen LogP contribution in [0.3, 0.4) is 0 Å². The fraction of sp³-hybridized carbons (Fsp3) is 0.500. The van der Waals surface area contributed by atoms with Crippen LogP contribution in [0.4, 0.5) is 0 Å².